The normalized spacial score (nSPS) is 25.2. The van der Waals surface area contributed by atoms with E-state index in [9.17, 15) is 8.42 Å². The van der Waals surface area contributed by atoms with E-state index in [1.165, 1.54) is 0 Å². The number of benzene rings is 1. The third-order valence-electron chi connectivity index (χ3n) is 4.88. The minimum Gasteiger partial charge on any atom is -0.490 e. The van der Waals surface area contributed by atoms with Crippen molar-refractivity contribution in [3.63, 3.8) is 0 Å². The number of aryl methyl sites for hydroxylation is 1. The molecule has 0 amide bonds. The Morgan fingerprint density at radius 3 is 3.00 bits per heavy atom. The Balaban J connectivity index is 1.54. The number of aromatic nitrogens is 2. The van der Waals surface area contributed by atoms with E-state index < -0.39 is 10.0 Å². The maximum Gasteiger partial charge on any atom is 0.240 e. The first-order valence-corrected chi connectivity index (χ1v) is 10.4. The zero-order chi connectivity index (χ0) is 18.3. The van der Waals surface area contributed by atoms with Gasteiger partial charge in [-0.15, -0.1) is 0 Å². The minimum absolute atomic E-state index is 0.0821. The van der Waals surface area contributed by atoms with Crippen LogP contribution in [0.5, 0.6) is 5.75 Å². The molecular weight excluding hydrogens is 354 g/mol. The van der Waals surface area contributed by atoms with Gasteiger partial charge in [0.1, 0.15) is 18.0 Å². The largest absolute Gasteiger partial charge is 0.490 e. The monoisotopic (exact) mass is 377 g/mol. The van der Waals surface area contributed by atoms with Crippen LogP contribution in [-0.4, -0.2) is 37.0 Å². The topological polar surface area (TPSA) is 82.5 Å². The van der Waals surface area contributed by atoms with Gasteiger partial charge in [-0.1, -0.05) is 0 Å². The molecule has 2 aromatic rings. The van der Waals surface area contributed by atoms with E-state index in [1.54, 1.807) is 24.4 Å². The van der Waals surface area contributed by atoms with Gasteiger partial charge in [0.2, 0.25) is 10.0 Å². The second-order valence-corrected chi connectivity index (χ2v) is 8.55. The number of ether oxygens (including phenoxy) is 2. The summed E-state index contributed by atoms with van der Waals surface area (Å²) in [4.78, 5) is 0.267. The van der Waals surface area contributed by atoms with Gasteiger partial charge >= 0.3 is 0 Å². The van der Waals surface area contributed by atoms with Crippen LogP contribution in [0.3, 0.4) is 0 Å². The standard InChI is InChI=1S/C18H23N3O4S/c1-3-21-11-14(10-19-21)18-16(6-7-24-18)20-26(22,23)15-4-5-17-13(9-15)8-12(2)25-17/h4-5,9-12,16,18,20H,3,6-8H2,1-2H3/t12-,16+,18-/m1/s1. The molecule has 3 heterocycles. The average molecular weight is 377 g/mol. The van der Waals surface area contributed by atoms with Crippen LogP contribution in [0.1, 0.15) is 37.5 Å². The van der Waals surface area contributed by atoms with E-state index in [0.717, 1.165) is 29.8 Å². The molecule has 0 spiro atoms. The van der Waals surface area contributed by atoms with Crippen LogP contribution < -0.4 is 9.46 Å². The lowest BCUT2D eigenvalue weighted by molar-refractivity contribution is 0.102. The first-order valence-electron chi connectivity index (χ1n) is 8.92. The Hall–Kier alpha value is -1.90. The fourth-order valence-electron chi connectivity index (χ4n) is 3.57. The molecule has 0 bridgehead atoms. The summed E-state index contributed by atoms with van der Waals surface area (Å²) in [5.74, 6) is 0.769. The molecule has 3 atom stereocenters. The van der Waals surface area contributed by atoms with Gasteiger partial charge < -0.3 is 9.47 Å². The number of nitrogens with zero attached hydrogens (tertiary/aromatic N) is 2. The highest BCUT2D eigenvalue weighted by Crippen LogP contribution is 2.33. The van der Waals surface area contributed by atoms with Crippen molar-refractivity contribution >= 4 is 10.0 Å². The van der Waals surface area contributed by atoms with Crippen molar-refractivity contribution in [2.45, 2.75) is 56.4 Å². The van der Waals surface area contributed by atoms with E-state index in [4.69, 9.17) is 9.47 Å². The second-order valence-electron chi connectivity index (χ2n) is 6.84. The molecule has 7 nitrogen and oxygen atoms in total. The third kappa shape index (κ3) is 3.24. The third-order valence-corrected chi connectivity index (χ3v) is 6.37. The molecule has 0 radical (unpaired) electrons. The van der Waals surface area contributed by atoms with Crippen LogP contribution >= 0.6 is 0 Å². The highest BCUT2D eigenvalue weighted by molar-refractivity contribution is 7.89. The molecule has 26 heavy (non-hydrogen) atoms. The molecule has 2 aliphatic heterocycles. The van der Waals surface area contributed by atoms with Crippen LogP contribution in [0.4, 0.5) is 0 Å². The predicted octanol–water partition coefficient (Wildman–Crippen LogP) is 2.03. The summed E-state index contributed by atoms with van der Waals surface area (Å²) >= 11 is 0. The van der Waals surface area contributed by atoms with Crippen molar-refractivity contribution in [1.29, 1.82) is 0 Å². The summed E-state index contributed by atoms with van der Waals surface area (Å²) in [7, 11) is -3.64. The first kappa shape index (κ1) is 17.5. The van der Waals surface area contributed by atoms with Crippen LogP contribution in [0, 0.1) is 0 Å². The number of fused-ring (bicyclic) bond motifs is 1. The van der Waals surface area contributed by atoms with Crippen LogP contribution in [-0.2, 0) is 27.7 Å². The Morgan fingerprint density at radius 2 is 2.23 bits per heavy atom. The van der Waals surface area contributed by atoms with Gasteiger partial charge in [-0.05, 0) is 44.0 Å². The van der Waals surface area contributed by atoms with Crippen molar-refractivity contribution < 1.29 is 17.9 Å². The number of nitrogens with one attached hydrogen (secondary N) is 1. The molecule has 1 fully saturated rings. The minimum atomic E-state index is -3.64. The molecule has 1 aromatic carbocycles. The van der Waals surface area contributed by atoms with Gasteiger partial charge in [-0.2, -0.15) is 5.10 Å². The maximum atomic E-state index is 12.9. The molecule has 2 aliphatic rings. The lowest BCUT2D eigenvalue weighted by atomic mass is 10.1. The average Bonchev–Trinajstić information content (AvgIpc) is 3.31. The summed E-state index contributed by atoms with van der Waals surface area (Å²) in [6.07, 6.45) is 4.78. The number of hydrogen-bond acceptors (Lipinski definition) is 5. The van der Waals surface area contributed by atoms with Crippen molar-refractivity contribution in [2.75, 3.05) is 6.61 Å². The zero-order valence-corrected chi connectivity index (χ0v) is 15.7. The summed E-state index contributed by atoms with van der Waals surface area (Å²) in [5, 5.41) is 4.26. The number of sulfonamides is 1. The second kappa shape index (κ2) is 6.68. The van der Waals surface area contributed by atoms with Gasteiger partial charge in [0, 0.05) is 31.3 Å². The van der Waals surface area contributed by atoms with Crippen LogP contribution in [0.15, 0.2) is 35.5 Å². The summed E-state index contributed by atoms with van der Waals surface area (Å²) in [5.41, 5.74) is 1.83. The molecular formula is C18H23N3O4S. The van der Waals surface area contributed by atoms with Crippen LogP contribution in [0.25, 0.3) is 0 Å². The van der Waals surface area contributed by atoms with Crippen molar-refractivity contribution in [1.82, 2.24) is 14.5 Å². The lowest BCUT2D eigenvalue weighted by Gasteiger charge is -2.19. The summed E-state index contributed by atoms with van der Waals surface area (Å²) < 4.78 is 41.8. The van der Waals surface area contributed by atoms with Crippen molar-refractivity contribution in [3.05, 3.63) is 41.7 Å². The first-order chi connectivity index (χ1) is 12.5. The Morgan fingerprint density at radius 1 is 1.38 bits per heavy atom. The van der Waals surface area contributed by atoms with E-state index in [1.807, 2.05) is 24.7 Å². The van der Waals surface area contributed by atoms with E-state index in [2.05, 4.69) is 9.82 Å². The van der Waals surface area contributed by atoms with Gasteiger partial charge in [0.05, 0.1) is 17.1 Å². The van der Waals surface area contributed by atoms with Crippen LogP contribution in [0.2, 0.25) is 0 Å². The molecule has 1 N–H and O–H groups in total. The Labute approximate surface area is 153 Å². The summed E-state index contributed by atoms with van der Waals surface area (Å²) in [6, 6.07) is 4.74. The number of rotatable bonds is 5. The maximum absolute atomic E-state index is 12.9. The predicted molar refractivity (Wildman–Crippen MR) is 95.6 cm³/mol. The van der Waals surface area contributed by atoms with E-state index >= 15 is 0 Å². The Bertz CT molecular complexity index is 909. The SMILES string of the molecule is CCn1cc([C@H]2OCC[C@@H]2NS(=O)(=O)c2ccc3c(c2)C[C@@H](C)O3)cn1. The van der Waals surface area contributed by atoms with E-state index in [0.29, 0.717) is 13.0 Å². The molecule has 0 aliphatic carbocycles. The Kier molecular flexibility index (Phi) is 4.50. The fraction of sp³-hybridized carbons (Fsp3) is 0.500. The van der Waals surface area contributed by atoms with Gasteiger partial charge in [0.15, 0.2) is 0 Å². The van der Waals surface area contributed by atoms with Crippen molar-refractivity contribution in [3.8, 4) is 5.75 Å². The molecule has 4 rings (SSSR count). The van der Waals surface area contributed by atoms with E-state index in [-0.39, 0.29) is 23.1 Å². The molecule has 1 aromatic heterocycles. The highest BCUT2D eigenvalue weighted by Gasteiger charge is 2.34. The highest BCUT2D eigenvalue weighted by atomic mass is 32.2. The molecule has 140 valence electrons. The van der Waals surface area contributed by atoms with Gasteiger partial charge in [0.25, 0.3) is 0 Å². The molecule has 0 saturated carbocycles. The smallest absolute Gasteiger partial charge is 0.240 e. The fourth-order valence-corrected chi connectivity index (χ4v) is 4.89. The summed E-state index contributed by atoms with van der Waals surface area (Å²) in [6.45, 7) is 5.26. The van der Waals surface area contributed by atoms with Crippen molar-refractivity contribution in [2.24, 2.45) is 0 Å². The van der Waals surface area contributed by atoms with Gasteiger partial charge in [-0.25, -0.2) is 13.1 Å². The molecule has 8 heteroatoms. The number of hydrogen-bond donors (Lipinski definition) is 1. The lowest BCUT2D eigenvalue weighted by Crippen LogP contribution is -2.36. The quantitative estimate of drug-likeness (QED) is 0.862. The molecule has 0 unspecified atom stereocenters. The zero-order valence-electron chi connectivity index (χ0n) is 14.9. The van der Waals surface area contributed by atoms with Gasteiger partial charge in [-0.3, -0.25) is 4.68 Å². The molecule has 1 saturated heterocycles.